The number of rotatable bonds is 5. The average Bonchev–Trinajstić information content (AvgIpc) is 2.48. The molecule has 0 bridgehead atoms. The van der Waals surface area contributed by atoms with E-state index < -0.39 is 0 Å². The molecule has 0 aliphatic carbocycles. The summed E-state index contributed by atoms with van der Waals surface area (Å²) in [5.74, 6) is 2.09. The van der Waals surface area contributed by atoms with Gasteiger partial charge in [-0.1, -0.05) is 30.3 Å². The smallest absolute Gasteiger partial charge is 0.221 e. The number of aromatic nitrogens is 2. The highest BCUT2D eigenvalue weighted by Crippen LogP contribution is 2.29. The Morgan fingerprint density at radius 3 is 2.60 bits per heavy atom. The van der Waals surface area contributed by atoms with E-state index in [1.165, 1.54) is 0 Å². The van der Waals surface area contributed by atoms with Crippen LogP contribution in [0.5, 0.6) is 0 Å². The third-order valence-electron chi connectivity index (χ3n) is 2.58. The second-order valence-electron chi connectivity index (χ2n) is 3.93. The van der Waals surface area contributed by atoms with E-state index in [0.29, 0.717) is 16.3 Å². The van der Waals surface area contributed by atoms with Crippen molar-refractivity contribution >= 4 is 29.5 Å². The van der Waals surface area contributed by atoms with Gasteiger partial charge in [-0.05, 0) is 6.26 Å². The van der Waals surface area contributed by atoms with Crippen molar-refractivity contribution in [3.05, 3.63) is 35.9 Å². The molecule has 2 aromatic rings. The van der Waals surface area contributed by atoms with Crippen molar-refractivity contribution in [2.45, 2.75) is 5.03 Å². The molecule has 4 nitrogen and oxygen atoms in total. The molecule has 102 valence electrons. The third kappa shape index (κ3) is 3.44. The first-order valence-electron chi connectivity index (χ1n) is 6.01. The molecule has 0 aliphatic rings. The molecule has 0 amide bonds. The summed E-state index contributed by atoms with van der Waals surface area (Å²) in [5, 5.41) is 10.1. The van der Waals surface area contributed by atoms with Crippen molar-refractivity contribution in [2.24, 2.45) is 0 Å². The zero-order valence-electron chi connectivity index (χ0n) is 11.0. The number of thioether (sulfide) groups is 2. The van der Waals surface area contributed by atoms with E-state index in [-0.39, 0.29) is 5.95 Å². The zero-order chi connectivity index (χ0) is 14.4. The summed E-state index contributed by atoms with van der Waals surface area (Å²) in [4.78, 5) is 8.43. The maximum atomic E-state index is 9.42. The van der Waals surface area contributed by atoms with Crippen molar-refractivity contribution < 1.29 is 0 Å². The second-order valence-corrected chi connectivity index (χ2v) is 6.00. The Hall–Kier alpha value is -1.71. The van der Waals surface area contributed by atoms with Crippen LogP contribution in [0, 0.1) is 11.3 Å². The van der Waals surface area contributed by atoms with Gasteiger partial charge in [0.1, 0.15) is 16.7 Å². The predicted octanol–water partition coefficient (Wildman–Crippen LogP) is 3.05. The Morgan fingerprint density at radius 1 is 1.20 bits per heavy atom. The van der Waals surface area contributed by atoms with Crippen LogP contribution in [0.3, 0.4) is 0 Å². The van der Waals surface area contributed by atoms with Crippen LogP contribution in [-0.4, -0.2) is 27.7 Å². The van der Waals surface area contributed by atoms with Gasteiger partial charge in [0.25, 0.3) is 0 Å². The van der Waals surface area contributed by atoms with E-state index in [1.54, 1.807) is 23.5 Å². The molecule has 20 heavy (non-hydrogen) atoms. The summed E-state index contributed by atoms with van der Waals surface area (Å²) in [7, 11) is 0. The maximum Gasteiger partial charge on any atom is 0.221 e. The molecular formula is C14H14N4S2. The maximum absolute atomic E-state index is 9.42. The SMILES string of the molecule is CSCCSc1nc(N)nc(-c2ccccc2)c1C#N. The summed E-state index contributed by atoms with van der Waals surface area (Å²) in [6.07, 6.45) is 2.05. The molecule has 0 saturated heterocycles. The van der Waals surface area contributed by atoms with Gasteiger partial charge < -0.3 is 5.73 Å². The fourth-order valence-corrected chi connectivity index (χ4v) is 3.33. The Balaban J connectivity index is 2.44. The molecule has 1 aromatic heterocycles. The van der Waals surface area contributed by atoms with Crippen LogP contribution in [0.4, 0.5) is 5.95 Å². The minimum atomic E-state index is 0.203. The lowest BCUT2D eigenvalue weighted by atomic mass is 10.1. The Morgan fingerprint density at radius 2 is 1.95 bits per heavy atom. The van der Waals surface area contributed by atoms with Gasteiger partial charge in [-0.2, -0.15) is 17.0 Å². The molecule has 2 rings (SSSR count). The summed E-state index contributed by atoms with van der Waals surface area (Å²) in [6, 6.07) is 11.8. The van der Waals surface area contributed by atoms with Gasteiger partial charge in [-0.3, -0.25) is 0 Å². The number of nitrogens with two attached hydrogens (primary N) is 1. The first-order chi connectivity index (χ1) is 9.76. The number of benzene rings is 1. The summed E-state index contributed by atoms with van der Waals surface area (Å²) < 4.78 is 0. The van der Waals surface area contributed by atoms with Crippen LogP contribution in [0.1, 0.15) is 5.56 Å². The fraction of sp³-hybridized carbons (Fsp3) is 0.214. The van der Waals surface area contributed by atoms with Crippen molar-refractivity contribution in [2.75, 3.05) is 23.5 Å². The average molecular weight is 302 g/mol. The standard InChI is InChI=1S/C14H14N4S2/c1-19-7-8-20-13-11(9-15)12(17-14(16)18-13)10-5-3-2-4-6-10/h2-6H,7-8H2,1H3,(H2,16,17,18). The van der Waals surface area contributed by atoms with Crippen molar-refractivity contribution in [3.63, 3.8) is 0 Å². The van der Waals surface area contributed by atoms with Gasteiger partial charge in [-0.25, -0.2) is 9.97 Å². The molecule has 2 N–H and O–H groups in total. The van der Waals surface area contributed by atoms with E-state index in [2.05, 4.69) is 22.3 Å². The number of anilines is 1. The van der Waals surface area contributed by atoms with Crippen LogP contribution < -0.4 is 5.73 Å². The minimum absolute atomic E-state index is 0.203. The van der Waals surface area contributed by atoms with Crippen LogP contribution in [0.2, 0.25) is 0 Å². The first kappa shape index (κ1) is 14.7. The van der Waals surface area contributed by atoms with Gasteiger partial charge in [0, 0.05) is 17.1 Å². The lowest BCUT2D eigenvalue weighted by Crippen LogP contribution is -2.03. The fourth-order valence-electron chi connectivity index (χ4n) is 1.69. The van der Waals surface area contributed by atoms with Crippen molar-refractivity contribution in [3.8, 4) is 17.3 Å². The van der Waals surface area contributed by atoms with E-state index in [4.69, 9.17) is 5.73 Å². The van der Waals surface area contributed by atoms with Gasteiger partial charge in [0.15, 0.2) is 0 Å². The largest absolute Gasteiger partial charge is 0.368 e. The van der Waals surface area contributed by atoms with Crippen molar-refractivity contribution in [1.29, 1.82) is 5.26 Å². The lowest BCUT2D eigenvalue weighted by Gasteiger charge is -2.08. The van der Waals surface area contributed by atoms with Crippen LogP contribution in [0.25, 0.3) is 11.3 Å². The molecule has 0 fully saturated rings. The quantitative estimate of drug-likeness (QED) is 0.520. The highest BCUT2D eigenvalue weighted by atomic mass is 32.2. The Bertz CT molecular complexity index is 623. The monoisotopic (exact) mass is 302 g/mol. The highest BCUT2D eigenvalue weighted by Gasteiger charge is 2.15. The molecule has 0 spiro atoms. The van der Waals surface area contributed by atoms with E-state index in [0.717, 1.165) is 17.1 Å². The van der Waals surface area contributed by atoms with E-state index in [1.807, 2.05) is 30.3 Å². The Labute approximate surface area is 126 Å². The molecule has 1 aromatic carbocycles. The van der Waals surface area contributed by atoms with Crippen LogP contribution >= 0.6 is 23.5 Å². The van der Waals surface area contributed by atoms with Gasteiger partial charge in [0.05, 0.1) is 5.69 Å². The number of hydrogen-bond donors (Lipinski definition) is 1. The van der Waals surface area contributed by atoms with Crippen LogP contribution in [-0.2, 0) is 0 Å². The highest BCUT2D eigenvalue weighted by molar-refractivity contribution is 8.02. The number of hydrogen-bond acceptors (Lipinski definition) is 6. The lowest BCUT2D eigenvalue weighted by molar-refractivity contribution is 1.05. The zero-order valence-corrected chi connectivity index (χ0v) is 12.7. The summed E-state index contributed by atoms with van der Waals surface area (Å²) in [5.41, 5.74) is 7.75. The molecule has 0 saturated carbocycles. The molecule has 0 atom stereocenters. The van der Waals surface area contributed by atoms with Gasteiger partial charge in [-0.15, -0.1) is 11.8 Å². The van der Waals surface area contributed by atoms with E-state index in [9.17, 15) is 5.26 Å². The number of nitrogen functional groups attached to an aromatic ring is 1. The molecule has 6 heteroatoms. The van der Waals surface area contributed by atoms with Crippen LogP contribution in [0.15, 0.2) is 35.4 Å². The molecule has 1 heterocycles. The van der Waals surface area contributed by atoms with Gasteiger partial charge in [0.2, 0.25) is 5.95 Å². The number of nitrogens with zero attached hydrogens (tertiary/aromatic N) is 3. The first-order valence-corrected chi connectivity index (χ1v) is 8.39. The normalized spacial score (nSPS) is 10.2. The molecule has 0 radical (unpaired) electrons. The topological polar surface area (TPSA) is 75.6 Å². The van der Waals surface area contributed by atoms with E-state index >= 15 is 0 Å². The molecule has 0 unspecified atom stereocenters. The molecular weight excluding hydrogens is 288 g/mol. The summed E-state index contributed by atoms with van der Waals surface area (Å²) in [6.45, 7) is 0. The van der Waals surface area contributed by atoms with Gasteiger partial charge >= 0.3 is 0 Å². The second kappa shape index (κ2) is 7.17. The number of nitriles is 1. The Kier molecular flexibility index (Phi) is 5.27. The summed E-state index contributed by atoms with van der Waals surface area (Å²) >= 11 is 3.31. The predicted molar refractivity (Wildman–Crippen MR) is 85.7 cm³/mol. The third-order valence-corrected chi connectivity index (χ3v) is 4.43. The van der Waals surface area contributed by atoms with Crippen molar-refractivity contribution in [1.82, 2.24) is 9.97 Å². The minimum Gasteiger partial charge on any atom is -0.368 e. The molecule has 0 aliphatic heterocycles.